The van der Waals surface area contributed by atoms with E-state index in [0.29, 0.717) is 0 Å². The molecule has 0 aliphatic heterocycles. The molecule has 1 unspecified atom stereocenters. The van der Waals surface area contributed by atoms with E-state index in [9.17, 15) is 4.79 Å². The summed E-state index contributed by atoms with van der Waals surface area (Å²) >= 11 is 0. The van der Waals surface area contributed by atoms with E-state index in [2.05, 4.69) is 78.1 Å². The zero-order valence-corrected chi connectivity index (χ0v) is 18.1. The fourth-order valence-corrected chi connectivity index (χ4v) is 4.26. The summed E-state index contributed by atoms with van der Waals surface area (Å²) in [5.74, 6) is -0.255. The Morgan fingerprint density at radius 3 is 1.44 bits per heavy atom. The molecule has 0 saturated heterocycles. The normalized spacial score (nSPS) is 12.2. The Morgan fingerprint density at radius 2 is 1.06 bits per heavy atom. The first-order valence-electron chi connectivity index (χ1n) is 10.8. The van der Waals surface area contributed by atoms with E-state index in [4.69, 9.17) is 4.74 Å². The molecule has 0 radical (unpaired) electrons. The van der Waals surface area contributed by atoms with Crippen molar-refractivity contribution in [1.82, 2.24) is 5.32 Å². The monoisotopic (exact) mass is 421 g/mol. The summed E-state index contributed by atoms with van der Waals surface area (Å²) in [5.41, 5.74) is 3.66. The highest BCUT2D eigenvalue weighted by atomic mass is 16.5. The molecule has 0 saturated carbocycles. The van der Waals surface area contributed by atoms with E-state index in [0.717, 1.165) is 22.3 Å². The highest BCUT2D eigenvalue weighted by Gasteiger charge is 2.38. The van der Waals surface area contributed by atoms with E-state index in [1.54, 1.807) is 0 Å². The second kappa shape index (κ2) is 10.1. The lowest BCUT2D eigenvalue weighted by atomic mass is 9.76. The smallest absolute Gasteiger partial charge is 0.307 e. The van der Waals surface area contributed by atoms with Crippen LogP contribution in [0.25, 0.3) is 0 Å². The number of ether oxygens (including phenoxy) is 1. The molecule has 0 aliphatic rings. The van der Waals surface area contributed by atoms with Gasteiger partial charge in [-0.15, -0.1) is 0 Å². The molecule has 4 rings (SSSR count). The number of carbonyl (C=O) groups excluding carboxylic acids is 1. The van der Waals surface area contributed by atoms with Crippen molar-refractivity contribution in [3.8, 4) is 0 Å². The van der Waals surface area contributed by atoms with Crippen molar-refractivity contribution in [2.75, 3.05) is 7.11 Å². The Kier molecular flexibility index (Phi) is 6.78. The zero-order chi connectivity index (χ0) is 22.2. The average Bonchev–Trinajstić information content (AvgIpc) is 2.88. The van der Waals surface area contributed by atoms with Crippen LogP contribution >= 0.6 is 0 Å². The van der Waals surface area contributed by atoms with E-state index in [-0.39, 0.29) is 18.4 Å². The van der Waals surface area contributed by atoms with Crippen LogP contribution in [0.2, 0.25) is 0 Å². The molecule has 0 amide bonds. The number of esters is 1. The molecular weight excluding hydrogens is 394 g/mol. The van der Waals surface area contributed by atoms with Crippen LogP contribution in [0.15, 0.2) is 121 Å². The molecule has 160 valence electrons. The number of nitrogens with one attached hydrogen (secondary N) is 1. The van der Waals surface area contributed by atoms with Gasteiger partial charge in [0.1, 0.15) is 0 Å². The van der Waals surface area contributed by atoms with Gasteiger partial charge in [-0.05, 0) is 22.3 Å². The maximum Gasteiger partial charge on any atom is 0.307 e. The molecule has 4 aromatic rings. The summed E-state index contributed by atoms with van der Waals surface area (Å²) in [6.45, 7) is 0. The SMILES string of the molecule is COC(=O)CC(NC(c1ccccc1)(c1ccccc1)c1ccccc1)c1ccccc1. The van der Waals surface area contributed by atoms with Gasteiger partial charge in [0, 0.05) is 6.04 Å². The Bertz CT molecular complexity index is 1020. The topological polar surface area (TPSA) is 38.3 Å². The van der Waals surface area contributed by atoms with Crippen molar-refractivity contribution in [2.24, 2.45) is 0 Å². The molecule has 3 nitrogen and oxygen atoms in total. The minimum absolute atomic E-state index is 0.217. The molecule has 0 aliphatic carbocycles. The van der Waals surface area contributed by atoms with Crippen LogP contribution in [0.3, 0.4) is 0 Å². The summed E-state index contributed by atoms with van der Waals surface area (Å²) in [6.07, 6.45) is 0.217. The van der Waals surface area contributed by atoms with Gasteiger partial charge in [0.15, 0.2) is 0 Å². The van der Waals surface area contributed by atoms with Gasteiger partial charge in [-0.3, -0.25) is 10.1 Å². The van der Waals surface area contributed by atoms with Gasteiger partial charge in [-0.2, -0.15) is 0 Å². The number of methoxy groups -OCH3 is 1. The Hall–Kier alpha value is -3.69. The second-order valence-corrected chi connectivity index (χ2v) is 7.74. The summed E-state index contributed by atoms with van der Waals surface area (Å²) in [4.78, 5) is 12.4. The van der Waals surface area contributed by atoms with E-state index >= 15 is 0 Å². The van der Waals surface area contributed by atoms with Gasteiger partial charge in [0.05, 0.1) is 19.1 Å². The van der Waals surface area contributed by atoms with Crippen molar-refractivity contribution >= 4 is 5.97 Å². The third-order valence-corrected chi connectivity index (χ3v) is 5.81. The fraction of sp³-hybridized carbons (Fsp3) is 0.138. The third kappa shape index (κ3) is 4.48. The Morgan fingerprint density at radius 1 is 0.688 bits per heavy atom. The van der Waals surface area contributed by atoms with Gasteiger partial charge in [0.2, 0.25) is 0 Å². The summed E-state index contributed by atoms with van der Waals surface area (Å²) < 4.78 is 5.05. The number of carbonyl (C=O) groups is 1. The second-order valence-electron chi connectivity index (χ2n) is 7.74. The van der Waals surface area contributed by atoms with Gasteiger partial charge in [-0.25, -0.2) is 0 Å². The van der Waals surface area contributed by atoms with Crippen molar-refractivity contribution in [2.45, 2.75) is 18.0 Å². The van der Waals surface area contributed by atoms with Crippen LogP contribution in [0.4, 0.5) is 0 Å². The lowest BCUT2D eigenvalue weighted by Crippen LogP contribution is -2.47. The average molecular weight is 422 g/mol. The molecule has 1 atom stereocenters. The first-order chi connectivity index (χ1) is 15.7. The van der Waals surface area contributed by atoms with Gasteiger partial charge in [-0.1, -0.05) is 121 Å². The van der Waals surface area contributed by atoms with Crippen molar-refractivity contribution in [3.63, 3.8) is 0 Å². The van der Waals surface area contributed by atoms with E-state index < -0.39 is 5.54 Å². The van der Waals surface area contributed by atoms with Crippen LogP contribution in [-0.2, 0) is 15.1 Å². The highest BCUT2D eigenvalue weighted by molar-refractivity contribution is 5.70. The predicted octanol–water partition coefficient (Wildman–Crippen LogP) is 5.87. The minimum atomic E-state index is -0.668. The maximum absolute atomic E-state index is 12.4. The van der Waals surface area contributed by atoms with E-state index in [1.807, 2.05) is 48.5 Å². The van der Waals surface area contributed by atoms with Crippen LogP contribution in [0.1, 0.15) is 34.7 Å². The zero-order valence-electron chi connectivity index (χ0n) is 18.1. The standard InChI is InChI=1S/C29H27NO2/c1-32-28(31)22-27(23-14-6-2-7-15-23)30-29(24-16-8-3-9-17-24,25-18-10-4-11-19-25)26-20-12-5-13-21-26/h2-21,27,30H,22H2,1H3. The Labute approximate surface area is 189 Å². The predicted molar refractivity (Wildman–Crippen MR) is 128 cm³/mol. The third-order valence-electron chi connectivity index (χ3n) is 5.81. The molecule has 32 heavy (non-hydrogen) atoms. The molecule has 0 bridgehead atoms. The molecule has 0 spiro atoms. The molecule has 4 aromatic carbocycles. The first-order valence-corrected chi connectivity index (χ1v) is 10.8. The van der Waals surface area contributed by atoms with E-state index in [1.165, 1.54) is 7.11 Å². The van der Waals surface area contributed by atoms with Gasteiger partial charge < -0.3 is 4.74 Å². The van der Waals surface area contributed by atoms with Gasteiger partial charge in [0.25, 0.3) is 0 Å². The molecule has 1 N–H and O–H groups in total. The minimum Gasteiger partial charge on any atom is -0.469 e. The lowest BCUT2D eigenvalue weighted by molar-refractivity contribution is -0.141. The first kappa shape index (κ1) is 21.5. The lowest BCUT2D eigenvalue weighted by Gasteiger charge is -2.40. The van der Waals surface area contributed by atoms with Crippen LogP contribution < -0.4 is 5.32 Å². The highest BCUT2D eigenvalue weighted by Crippen LogP contribution is 2.39. The number of hydrogen-bond acceptors (Lipinski definition) is 3. The summed E-state index contributed by atoms with van der Waals surface area (Å²) in [6, 6.07) is 41.0. The number of rotatable bonds is 8. The largest absolute Gasteiger partial charge is 0.469 e. The van der Waals surface area contributed by atoms with Crippen LogP contribution in [0.5, 0.6) is 0 Å². The molecule has 0 heterocycles. The van der Waals surface area contributed by atoms with Crippen LogP contribution in [-0.4, -0.2) is 13.1 Å². The summed E-state index contributed by atoms with van der Waals surface area (Å²) in [7, 11) is 1.43. The summed E-state index contributed by atoms with van der Waals surface area (Å²) in [5, 5.41) is 3.90. The Balaban J connectivity index is 1.94. The quantitative estimate of drug-likeness (QED) is 0.285. The molecule has 0 aromatic heterocycles. The number of hydrogen-bond donors (Lipinski definition) is 1. The fourth-order valence-electron chi connectivity index (χ4n) is 4.26. The molecule has 3 heteroatoms. The molecular formula is C29H27NO2. The number of benzene rings is 4. The van der Waals surface area contributed by atoms with Crippen molar-refractivity contribution in [1.29, 1.82) is 0 Å². The van der Waals surface area contributed by atoms with Gasteiger partial charge >= 0.3 is 5.97 Å². The van der Waals surface area contributed by atoms with Crippen molar-refractivity contribution in [3.05, 3.63) is 144 Å². The molecule has 0 fully saturated rings. The maximum atomic E-state index is 12.4. The van der Waals surface area contributed by atoms with Crippen molar-refractivity contribution < 1.29 is 9.53 Å². The van der Waals surface area contributed by atoms with Crippen LogP contribution in [0, 0.1) is 0 Å².